The quantitative estimate of drug-likeness (QED) is 0.501. The Kier molecular flexibility index (Phi) is 3.84. The van der Waals surface area contributed by atoms with Crippen molar-refractivity contribution in [2.45, 2.75) is 25.8 Å². The van der Waals surface area contributed by atoms with Gasteiger partial charge in [-0.1, -0.05) is 5.57 Å². The molecule has 0 aliphatic carbocycles. The molecule has 1 heterocycles. The normalized spacial score (nSPS) is 22.7. The van der Waals surface area contributed by atoms with Crippen molar-refractivity contribution in [1.29, 1.82) is 0 Å². The molecule has 0 N–H and O–H groups in total. The molecule has 80 valence electrons. The Labute approximate surface area is 85.7 Å². The van der Waals surface area contributed by atoms with Gasteiger partial charge in [0.25, 0.3) is 0 Å². The van der Waals surface area contributed by atoms with Crippen molar-refractivity contribution in [3.8, 4) is 0 Å². The average molecular weight is 197 g/mol. The lowest BCUT2D eigenvalue weighted by molar-refractivity contribution is -0.120. The van der Waals surface area contributed by atoms with Gasteiger partial charge in [0.05, 0.1) is 18.8 Å². The molecule has 1 aliphatic heterocycles. The van der Waals surface area contributed by atoms with Crippen LogP contribution in [-0.4, -0.2) is 43.0 Å². The molecule has 1 fully saturated rings. The standard InChI is InChI=1S/C11H19NO2/c1-10(2)8-11(3,9-13)12-4-6-14-7-5-12/h9H,1,4-8H2,2-3H3. The largest absolute Gasteiger partial charge is 0.379 e. The fraction of sp³-hybridized carbons (Fsp3) is 0.727. The van der Waals surface area contributed by atoms with E-state index in [2.05, 4.69) is 11.5 Å². The molecule has 0 aromatic heterocycles. The van der Waals surface area contributed by atoms with Gasteiger partial charge in [-0.15, -0.1) is 6.58 Å². The van der Waals surface area contributed by atoms with Crippen molar-refractivity contribution in [3.63, 3.8) is 0 Å². The summed E-state index contributed by atoms with van der Waals surface area (Å²) in [6.45, 7) is 10.9. The molecule has 0 aromatic carbocycles. The maximum Gasteiger partial charge on any atom is 0.140 e. The molecule has 1 saturated heterocycles. The number of hydrogen-bond donors (Lipinski definition) is 0. The van der Waals surface area contributed by atoms with Gasteiger partial charge in [0.15, 0.2) is 0 Å². The summed E-state index contributed by atoms with van der Waals surface area (Å²) in [5, 5.41) is 0. The van der Waals surface area contributed by atoms with Gasteiger partial charge in [-0.25, -0.2) is 0 Å². The zero-order chi connectivity index (χ0) is 10.6. The van der Waals surface area contributed by atoms with E-state index in [4.69, 9.17) is 4.74 Å². The molecule has 14 heavy (non-hydrogen) atoms. The van der Waals surface area contributed by atoms with E-state index in [9.17, 15) is 4.79 Å². The first kappa shape index (κ1) is 11.4. The Bertz CT molecular complexity index is 221. The van der Waals surface area contributed by atoms with Crippen LogP contribution in [0.5, 0.6) is 0 Å². The summed E-state index contributed by atoms with van der Waals surface area (Å²) in [6, 6.07) is 0. The maximum atomic E-state index is 11.1. The molecule has 3 nitrogen and oxygen atoms in total. The molecule has 1 unspecified atom stereocenters. The second kappa shape index (κ2) is 4.71. The number of rotatable bonds is 4. The van der Waals surface area contributed by atoms with Crippen LogP contribution in [0.2, 0.25) is 0 Å². The molecular formula is C11H19NO2. The third kappa shape index (κ3) is 2.66. The lowest BCUT2D eigenvalue weighted by Gasteiger charge is -2.39. The number of ether oxygens (including phenoxy) is 1. The van der Waals surface area contributed by atoms with Crippen LogP contribution >= 0.6 is 0 Å². The Morgan fingerprint density at radius 1 is 1.57 bits per heavy atom. The zero-order valence-electron chi connectivity index (χ0n) is 9.08. The van der Waals surface area contributed by atoms with Gasteiger partial charge >= 0.3 is 0 Å². The Hall–Kier alpha value is -0.670. The first-order valence-corrected chi connectivity index (χ1v) is 5.02. The Morgan fingerprint density at radius 3 is 2.57 bits per heavy atom. The van der Waals surface area contributed by atoms with E-state index < -0.39 is 5.54 Å². The summed E-state index contributed by atoms with van der Waals surface area (Å²) in [5.74, 6) is 0. The van der Waals surface area contributed by atoms with E-state index in [-0.39, 0.29) is 0 Å². The molecule has 0 aromatic rings. The minimum atomic E-state index is -0.393. The lowest BCUT2D eigenvalue weighted by atomic mass is 9.93. The SMILES string of the molecule is C=C(C)CC(C)(C=O)N1CCOCC1. The van der Waals surface area contributed by atoms with Gasteiger partial charge in [0, 0.05) is 13.1 Å². The second-order valence-corrected chi connectivity index (χ2v) is 4.21. The van der Waals surface area contributed by atoms with Gasteiger partial charge in [-0.05, 0) is 20.3 Å². The van der Waals surface area contributed by atoms with Gasteiger partial charge < -0.3 is 9.53 Å². The van der Waals surface area contributed by atoms with E-state index >= 15 is 0 Å². The van der Waals surface area contributed by atoms with E-state index in [1.54, 1.807) is 0 Å². The minimum Gasteiger partial charge on any atom is -0.379 e. The minimum absolute atomic E-state index is 0.393. The second-order valence-electron chi connectivity index (χ2n) is 4.21. The van der Waals surface area contributed by atoms with Crippen molar-refractivity contribution >= 4 is 6.29 Å². The van der Waals surface area contributed by atoms with Gasteiger partial charge in [0.2, 0.25) is 0 Å². The van der Waals surface area contributed by atoms with Crippen LogP contribution in [0.25, 0.3) is 0 Å². The maximum absolute atomic E-state index is 11.1. The van der Waals surface area contributed by atoms with E-state index in [0.29, 0.717) is 0 Å². The number of morpholine rings is 1. The topological polar surface area (TPSA) is 29.5 Å². The molecule has 0 saturated carbocycles. The highest BCUT2D eigenvalue weighted by Gasteiger charge is 2.32. The first-order valence-electron chi connectivity index (χ1n) is 5.02. The molecule has 0 radical (unpaired) electrons. The Balaban J connectivity index is 2.65. The highest BCUT2D eigenvalue weighted by atomic mass is 16.5. The monoisotopic (exact) mass is 197 g/mol. The van der Waals surface area contributed by atoms with E-state index in [1.165, 1.54) is 0 Å². The lowest BCUT2D eigenvalue weighted by Crippen LogP contribution is -2.52. The summed E-state index contributed by atoms with van der Waals surface area (Å²) in [7, 11) is 0. The van der Waals surface area contributed by atoms with Crippen molar-refractivity contribution in [1.82, 2.24) is 4.90 Å². The summed E-state index contributed by atoms with van der Waals surface area (Å²) in [6.07, 6.45) is 1.77. The highest BCUT2D eigenvalue weighted by Crippen LogP contribution is 2.21. The van der Waals surface area contributed by atoms with Crippen molar-refractivity contribution in [2.24, 2.45) is 0 Å². The molecule has 3 heteroatoms. The smallest absolute Gasteiger partial charge is 0.140 e. The predicted octanol–water partition coefficient (Wildman–Crippen LogP) is 1.24. The summed E-state index contributed by atoms with van der Waals surface area (Å²) in [5.41, 5.74) is 0.654. The molecule has 0 spiro atoms. The van der Waals surface area contributed by atoms with Crippen molar-refractivity contribution in [2.75, 3.05) is 26.3 Å². The molecule has 1 aliphatic rings. The van der Waals surface area contributed by atoms with Crippen molar-refractivity contribution in [3.05, 3.63) is 12.2 Å². The number of aldehydes is 1. The Morgan fingerprint density at radius 2 is 2.14 bits per heavy atom. The molecule has 0 amide bonds. The predicted molar refractivity (Wildman–Crippen MR) is 56.3 cm³/mol. The molecule has 1 rings (SSSR count). The van der Waals surface area contributed by atoms with Crippen LogP contribution < -0.4 is 0 Å². The summed E-state index contributed by atoms with van der Waals surface area (Å²) in [4.78, 5) is 13.3. The highest BCUT2D eigenvalue weighted by molar-refractivity contribution is 5.64. The van der Waals surface area contributed by atoms with E-state index in [0.717, 1.165) is 44.6 Å². The van der Waals surface area contributed by atoms with Gasteiger partial charge in [-0.3, -0.25) is 4.90 Å². The van der Waals surface area contributed by atoms with E-state index in [1.807, 2.05) is 13.8 Å². The third-order valence-corrected chi connectivity index (χ3v) is 2.65. The van der Waals surface area contributed by atoms with Crippen LogP contribution in [0.15, 0.2) is 12.2 Å². The van der Waals surface area contributed by atoms with Crippen LogP contribution in [-0.2, 0) is 9.53 Å². The average Bonchev–Trinajstić information content (AvgIpc) is 2.18. The molecular weight excluding hydrogens is 178 g/mol. The summed E-state index contributed by atoms with van der Waals surface area (Å²) >= 11 is 0. The number of carbonyl (C=O) groups is 1. The van der Waals surface area contributed by atoms with Crippen molar-refractivity contribution < 1.29 is 9.53 Å². The number of carbonyl (C=O) groups excluding carboxylic acids is 1. The third-order valence-electron chi connectivity index (χ3n) is 2.65. The summed E-state index contributed by atoms with van der Waals surface area (Å²) < 4.78 is 5.26. The van der Waals surface area contributed by atoms with Crippen LogP contribution in [0.4, 0.5) is 0 Å². The van der Waals surface area contributed by atoms with Gasteiger partial charge in [0.1, 0.15) is 6.29 Å². The molecule has 0 bridgehead atoms. The zero-order valence-corrected chi connectivity index (χ0v) is 9.08. The fourth-order valence-electron chi connectivity index (χ4n) is 1.91. The van der Waals surface area contributed by atoms with Gasteiger partial charge in [-0.2, -0.15) is 0 Å². The van der Waals surface area contributed by atoms with Crippen LogP contribution in [0.1, 0.15) is 20.3 Å². The number of hydrogen-bond acceptors (Lipinski definition) is 3. The first-order chi connectivity index (χ1) is 6.58. The van der Waals surface area contributed by atoms with Crippen LogP contribution in [0, 0.1) is 0 Å². The molecule has 1 atom stereocenters. The fourth-order valence-corrected chi connectivity index (χ4v) is 1.91. The number of nitrogens with zero attached hydrogens (tertiary/aromatic N) is 1. The van der Waals surface area contributed by atoms with Crippen LogP contribution in [0.3, 0.4) is 0 Å².